The van der Waals surface area contributed by atoms with Gasteiger partial charge in [0.25, 0.3) is 0 Å². The average molecular weight is 229 g/mol. The number of rotatable bonds is 5. The summed E-state index contributed by atoms with van der Waals surface area (Å²) in [6.45, 7) is -0.231. The molecule has 1 aromatic rings. The molecule has 0 fully saturated rings. The third kappa shape index (κ3) is 3.02. The number of aliphatic hydroxyl groups excluding tert-OH is 2. The van der Waals surface area contributed by atoms with Crippen LogP contribution in [-0.2, 0) is 4.74 Å². The second kappa shape index (κ2) is 5.59. The number of nitrogen functional groups attached to an aromatic ring is 1. The van der Waals surface area contributed by atoms with Crippen molar-refractivity contribution < 1.29 is 14.9 Å². The van der Waals surface area contributed by atoms with Gasteiger partial charge in [-0.05, 0) is 6.07 Å². The molecule has 4 N–H and O–H groups in total. The average Bonchev–Trinajstić information content (AvgIpc) is 2.25. The molecule has 90 valence electrons. The van der Waals surface area contributed by atoms with Gasteiger partial charge in [-0.15, -0.1) is 0 Å². The Morgan fingerprint density at radius 3 is 2.88 bits per heavy atom. The maximum Gasteiger partial charge on any atom is 0.351 e. The molecule has 1 aromatic heterocycles. The maximum absolute atomic E-state index is 11.3. The van der Waals surface area contributed by atoms with Crippen molar-refractivity contribution in [2.24, 2.45) is 0 Å². The van der Waals surface area contributed by atoms with E-state index in [1.54, 1.807) is 0 Å². The van der Waals surface area contributed by atoms with Crippen LogP contribution in [0.3, 0.4) is 0 Å². The molecule has 0 amide bonds. The number of anilines is 1. The summed E-state index contributed by atoms with van der Waals surface area (Å²) >= 11 is 0. The van der Waals surface area contributed by atoms with Crippen LogP contribution in [-0.4, -0.2) is 39.6 Å². The minimum Gasteiger partial charge on any atom is -0.394 e. The van der Waals surface area contributed by atoms with Crippen LogP contribution in [0, 0.1) is 0 Å². The summed E-state index contributed by atoms with van der Waals surface area (Å²) in [5.74, 6) is 0.0962. The van der Waals surface area contributed by atoms with E-state index in [1.807, 2.05) is 0 Å². The van der Waals surface area contributed by atoms with E-state index in [-0.39, 0.29) is 18.8 Å². The molecule has 7 nitrogen and oxygen atoms in total. The molecule has 16 heavy (non-hydrogen) atoms. The minimum atomic E-state index is -1.10. The summed E-state index contributed by atoms with van der Waals surface area (Å²) in [5.41, 5.74) is 4.67. The van der Waals surface area contributed by atoms with E-state index < -0.39 is 18.0 Å². The molecule has 0 radical (unpaired) electrons. The first-order chi connectivity index (χ1) is 7.58. The van der Waals surface area contributed by atoms with Gasteiger partial charge in [0.05, 0.1) is 12.7 Å². The van der Waals surface area contributed by atoms with Crippen molar-refractivity contribution in [2.45, 2.75) is 18.8 Å². The van der Waals surface area contributed by atoms with Crippen LogP contribution < -0.4 is 11.4 Å². The summed E-state index contributed by atoms with van der Waals surface area (Å²) in [5, 5.41) is 18.6. The molecular formula is C9H15N3O4. The first-order valence-electron chi connectivity index (χ1n) is 4.75. The first kappa shape index (κ1) is 12.6. The lowest BCUT2D eigenvalue weighted by Gasteiger charge is -2.18. The van der Waals surface area contributed by atoms with Gasteiger partial charge in [-0.1, -0.05) is 0 Å². The molecule has 0 unspecified atom stereocenters. The molecule has 1 rings (SSSR count). The van der Waals surface area contributed by atoms with Gasteiger partial charge in [0.15, 0.2) is 0 Å². The number of nitrogens with zero attached hydrogens (tertiary/aromatic N) is 2. The molecule has 0 saturated heterocycles. The number of aliphatic hydroxyl groups is 2. The van der Waals surface area contributed by atoms with Crippen LogP contribution in [0.4, 0.5) is 5.82 Å². The predicted octanol–water partition coefficient (Wildman–Crippen LogP) is -1.29. The Balaban J connectivity index is 2.80. The molecule has 2 atom stereocenters. The van der Waals surface area contributed by atoms with Gasteiger partial charge in [0, 0.05) is 19.7 Å². The van der Waals surface area contributed by atoms with Crippen molar-refractivity contribution in [1.82, 2.24) is 9.55 Å². The fourth-order valence-electron chi connectivity index (χ4n) is 1.25. The highest BCUT2D eigenvalue weighted by atomic mass is 16.5. The van der Waals surface area contributed by atoms with Gasteiger partial charge in [0.2, 0.25) is 0 Å². The third-order valence-electron chi connectivity index (χ3n) is 2.18. The number of nitrogens with two attached hydrogens (primary N) is 1. The van der Waals surface area contributed by atoms with Crippen LogP contribution in [0.15, 0.2) is 17.1 Å². The van der Waals surface area contributed by atoms with Crippen LogP contribution in [0.1, 0.15) is 12.6 Å². The molecule has 0 bridgehead atoms. The maximum atomic E-state index is 11.3. The highest BCUT2D eigenvalue weighted by molar-refractivity contribution is 5.23. The Kier molecular flexibility index (Phi) is 4.41. The summed E-state index contributed by atoms with van der Waals surface area (Å²) in [4.78, 5) is 14.8. The van der Waals surface area contributed by atoms with Crippen LogP contribution >= 0.6 is 0 Å². The van der Waals surface area contributed by atoms with Gasteiger partial charge in [0.1, 0.15) is 12.0 Å². The zero-order valence-electron chi connectivity index (χ0n) is 8.91. The number of methoxy groups -OCH3 is 1. The van der Waals surface area contributed by atoms with Crippen molar-refractivity contribution in [3.8, 4) is 0 Å². The normalized spacial score (nSPS) is 14.7. The van der Waals surface area contributed by atoms with Crippen molar-refractivity contribution >= 4 is 5.82 Å². The zero-order valence-corrected chi connectivity index (χ0v) is 8.91. The largest absolute Gasteiger partial charge is 0.394 e. The fraction of sp³-hybridized carbons (Fsp3) is 0.556. The van der Waals surface area contributed by atoms with Gasteiger partial charge in [-0.3, -0.25) is 4.57 Å². The van der Waals surface area contributed by atoms with E-state index in [4.69, 9.17) is 15.6 Å². The lowest BCUT2D eigenvalue weighted by molar-refractivity contribution is -0.0141. The second-order valence-corrected chi connectivity index (χ2v) is 3.30. The number of aromatic nitrogens is 2. The van der Waals surface area contributed by atoms with Gasteiger partial charge in [-0.25, -0.2) is 4.79 Å². The lowest BCUT2D eigenvalue weighted by atomic mass is 10.2. The van der Waals surface area contributed by atoms with Gasteiger partial charge < -0.3 is 20.7 Å². The van der Waals surface area contributed by atoms with Crippen LogP contribution in [0.5, 0.6) is 0 Å². The van der Waals surface area contributed by atoms with Crippen LogP contribution in [0.25, 0.3) is 0 Å². The molecule has 1 heterocycles. The van der Waals surface area contributed by atoms with E-state index >= 15 is 0 Å². The molecular weight excluding hydrogens is 214 g/mol. The molecule has 0 saturated carbocycles. The molecule has 0 aliphatic carbocycles. The third-order valence-corrected chi connectivity index (χ3v) is 2.18. The topological polar surface area (TPSA) is 111 Å². The van der Waals surface area contributed by atoms with E-state index in [2.05, 4.69) is 4.98 Å². The first-order valence-corrected chi connectivity index (χ1v) is 4.75. The standard InChI is InChI=1S/C9H15N3O4/c1-16-6(5-13)4-8(14)12-3-2-7(10)11-9(12)15/h2-3,6,8,13-14H,4-5H2,1H3,(H2,10,11,15)/t6-,8+/m0/s1. The smallest absolute Gasteiger partial charge is 0.351 e. The van der Waals surface area contributed by atoms with E-state index in [9.17, 15) is 9.90 Å². The molecule has 0 spiro atoms. The monoisotopic (exact) mass is 229 g/mol. The van der Waals surface area contributed by atoms with Crippen molar-refractivity contribution in [2.75, 3.05) is 19.5 Å². The Labute approximate surface area is 92.1 Å². The van der Waals surface area contributed by atoms with Gasteiger partial charge >= 0.3 is 5.69 Å². The fourth-order valence-corrected chi connectivity index (χ4v) is 1.25. The Bertz CT molecular complexity index is 389. The molecule has 7 heteroatoms. The summed E-state index contributed by atoms with van der Waals surface area (Å²) in [6.07, 6.45) is -0.185. The Morgan fingerprint density at radius 2 is 2.38 bits per heavy atom. The van der Waals surface area contributed by atoms with Crippen molar-refractivity contribution in [3.05, 3.63) is 22.7 Å². The molecule has 0 aromatic carbocycles. The number of ether oxygens (including phenoxy) is 1. The lowest BCUT2D eigenvalue weighted by Crippen LogP contribution is -2.30. The zero-order chi connectivity index (χ0) is 12.1. The van der Waals surface area contributed by atoms with Gasteiger partial charge in [-0.2, -0.15) is 4.98 Å². The molecule has 0 aliphatic heterocycles. The number of hydrogen-bond donors (Lipinski definition) is 3. The predicted molar refractivity (Wildman–Crippen MR) is 56.7 cm³/mol. The highest BCUT2D eigenvalue weighted by Gasteiger charge is 2.15. The Morgan fingerprint density at radius 1 is 1.69 bits per heavy atom. The minimum absolute atomic E-state index is 0.0957. The highest BCUT2D eigenvalue weighted by Crippen LogP contribution is 2.10. The van der Waals surface area contributed by atoms with E-state index in [1.165, 1.54) is 19.4 Å². The van der Waals surface area contributed by atoms with Crippen LogP contribution in [0.2, 0.25) is 0 Å². The van der Waals surface area contributed by atoms with Crippen molar-refractivity contribution in [3.63, 3.8) is 0 Å². The summed E-state index contributed by atoms with van der Waals surface area (Å²) in [7, 11) is 1.41. The van der Waals surface area contributed by atoms with Crippen molar-refractivity contribution in [1.29, 1.82) is 0 Å². The quantitative estimate of drug-likeness (QED) is 0.579. The Hall–Kier alpha value is -1.44. The number of hydrogen-bond acceptors (Lipinski definition) is 6. The summed E-state index contributed by atoms with van der Waals surface area (Å²) in [6, 6.07) is 1.41. The van der Waals surface area contributed by atoms with E-state index in [0.29, 0.717) is 0 Å². The van der Waals surface area contributed by atoms with E-state index in [0.717, 1.165) is 4.57 Å². The SMILES string of the molecule is CO[C@H](CO)C[C@@H](O)n1ccc(N)nc1=O. The summed E-state index contributed by atoms with van der Waals surface area (Å²) < 4.78 is 5.91. The second-order valence-electron chi connectivity index (χ2n) is 3.30. The molecule has 0 aliphatic rings.